The molecule has 0 N–H and O–H groups in total. The minimum Gasteiger partial charge on any atom is -0.220 e. The maximum absolute atomic E-state index is 5.97. The van der Waals surface area contributed by atoms with Gasteiger partial charge in [-0.05, 0) is 31.5 Å². The van der Waals surface area contributed by atoms with E-state index in [1.807, 2.05) is 38.2 Å². The van der Waals surface area contributed by atoms with E-state index in [0.717, 1.165) is 16.9 Å². The molecule has 84 valence electrons. The molecule has 0 amide bonds. The van der Waals surface area contributed by atoms with Crippen molar-refractivity contribution in [1.29, 1.82) is 0 Å². The molecule has 16 heavy (non-hydrogen) atoms. The second-order valence-corrected chi connectivity index (χ2v) is 5.44. The lowest BCUT2D eigenvalue weighted by atomic mass is 10.2. The van der Waals surface area contributed by atoms with Crippen LogP contribution < -0.4 is 0 Å². The minimum absolute atomic E-state index is 0.195. The van der Waals surface area contributed by atoms with Crippen LogP contribution in [0.4, 0.5) is 0 Å². The molecule has 0 aliphatic rings. The van der Waals surface area contributed by atoms with Gasteiger partial charge in [-0.25, -0.2) is 4.68 Å². The summed E-state index contributed by atoms with van der Waals surface area (Å²) < 4.78 is 1.74. The molecule has 1 atom stereocenters. The topological polar surface area (TPSA) is 30.7 Å². The summed E-state index contributed by atoms with van der Waals surface area (Å²) in [6.45, 7) is 4.03. The third-order valence-corrected chi connectivity index (χ3v) is 3.04. The summed E-state index contributed by atoms with van der Waals surface area (Å²) in [7, 11) is 0. The van der Waals surface area contributed by atoms with Crippen LogP contribution in [0.1, 0.15) is 23.0 Å². The Bertz CT molecular complexity index is 508. The van der Waals surface area contributed by atoms with E-state index in [-0.39, 0.29) is 4.83 Å². The van der Waals surface area contributed by atoms with Crippen molar-refractivity contribution in [2.24, 2.45) is 0 Å². The summed E-state index contributed by atoms with van der Waals surface area (Å²) in [6.07, 6.45) is 1.90. The number of halogens is 2. The molecule has 1 aromatic heterocycles. The largest absolute Gasteiger partial charge is 0.220 e. The predicted octanol–water partition coefficient (Wildman–Crippen LogP) is 3.69. The van der Waals surface area contributed by atoms with Gasteiger partial charge in [0.2, 0.25) is 0 Å². The highest BCUT2D eigenvalue weighted by atomic mass is 79.9. The predicted molar refractivity (Wildman–Crippen MR) is 68.4 cm³/mol. The first-order chi connectivity index (χ1) is 7.58. The molecule has 2 rings (SSSR count). The van der Waals surface area contributed by atoms with Gasteiger partial charge in [-0.1, -0.05) is 38.8 Å². The number of alkyl halides is 1. The number of nitrogens with zero attached hydrogens (tertiary/aromatic N) is 3. The summed E-state index contributed by atoms with van der Waals surface area (Å²) in [5.41, 5.74) is 2.97. The van der Waals surface area contributed by atoms with Crippen molar-refractivity contribution in [2.75, 3.05) is 0 Å². The van der Waals surface area contributed by atoms with E-state index in [0.29, 0.717) is 5.02 Å². The second-order valence-electron chi connectivity index (χ2n) is 3.63. The molecule has 2 aromatic rings. The summed E-state index contributed by atoms with van der Waals surface area (Å²) in [4.78, 5) is 0.195. The molecule has 1 heterocycles. The summed E-state index contributed by atoms with van der Waals surface area (Å²) in [5.74, 6) is 0. The van der Waals surface area contributed by atoms with Gasteiger partial charge >= 0.3 is 0 Å². The first-order valence-electron chi connectivity index (χ1n) is 4.91. The number of aryl methyl sites for hydroxylation is 1. The SMILES string of the molecule is Cc1ccc(Cl)cc1-n1cc(C(C)Br)nn1. The normalized spacial score (nSPS) is 12.8. The third kappa shape index (κ3) is 2.28. The molecular weight excluding hydrogens is 289 g/mol. The standard InChI is InChI=1S/C11H11BrClN3/c1-7-3-4-9(13)5-11(7)16-6-10(8(2)12)14-15-16/h3-6,8H,1-2H3. The Morgan fingerprint density at radius 2 is 2.19 bits per heavy atom. The molecule has 0 saturated carbocycles. The van der Waals surface area contributed by atoms with Gasteiger partial charge in [-0.3, -0.25) is 0 Å². The maximum atomic E-state index is 5.97. The summed E-state index contributed by atoms with van der Waals surface area (Å²) in [5, 5.41) is 8.87. The van der Waals surface area contributed by atoms with Gasteiger partial charge in [0.25, 0.3) is 0 Å². The number of aromatic nitrogens is 3. The Morgan fingerprint density at radius 1 is 1.44 bits per heavy atom. The van der Waals surface area contributed by atoms with Crippen LogP contribution in [0, 0.1) is 6.92 Å². The Morgan fingerprint density at radius 3 is 2.81 bits per heavy atom. The van der Waals surface area contributed by atoms with Crippen molar-refractivity contribution in [3.63, 3.8) is 0 Å². The van der Waals surface area contributed by atoms with Crippen LogP contribution in [0.5, 0.6) is 0 Å². The van der Waals surface area contributed by atoms with Crippen LogP contribution in [0.2, 0.25) is 5.02 Å². The van der Waals surface area contributed by atoms with Crippen molar-refractivity contribution in [1.82, 2.24) is 15.0 Å². The Kier molecular flexibility index (Phi) is 3.30. The van der Waals surface area contributed by atoms with Gasteiger partial charge in [0, 0.05) is 5.02 Å². The van der Waals surface area contributed by atoms with Crippen LogP contribution in [0.3, 0.4) is 0 Å². The van der Waals surface area contributed by atoms with Gasteiger partial charge in [0.15, 0.2) is 0 Å². The van der Waals surface area contributed by atoms with Crippen molar-refractivity contribution < 1.29 is 0 Å². The summed E-state index contributed by atoms with van der Waals surface area (Å²) in [6, 6.07) is 5.72. The molecule has 0 bridgehead atoms. The van der Waals surface area contributed by atoms with E-state index >= 15 is 0 Å². The Balaban J connectivity index is 2.46. The van der Waals surface area contributed by atoms with Gasteiger partial charge in [-0.2, -0.15) is 0 Å². The third-order valence-electron chi connectivity index (χ3n) is 2.34. The maximum Gasteiger partial charge on any atom is 0.0965 e. The number of benzene rings is 1. The number of rotatable bonds is 2. The molecule has 0 aliphatic carbocycles. The fourth-order valence-corrected chi connectivity index (χ4v) is 1.78. The lowest BCUT2D eigenvalue weighted by Crippen LogP contribution is -1.97. The first kappa shape index (κ1) is 11.6. The molecule has 0 aliphatic heterocycles. The van der Waals surface area contributed by atoms with Gasteiger partial charge in [0.1, 0.15) is 0 Å². The highest BCUT2D eigenvalue weighted by Crippen LogP contribution is 2.22. The summed E-state index contributed by atoms with van der Waals surface area (Å²) >= 11 is 9.42. The molecule has 0 spiro atoms. The molecule has 5 heteroatoms. The molecular formula is C11H11BrClN3. The lowest BCUT2D eigenvalue weighted by molar-refractivity contribution is 0.793. The average Bonchev–Trinajstić information content (AvgIpc) is 2.70. The highest BCUT2D eigenvalue weighted by molar-refractivity contribution is 9.09. The fraction of sp³-hybridized carbons (Fsp3) is 0.273. The van der Waals surface area contributed by atoms with Crippen molar-refractivity contribution in [3.05, 3.63) is 40.7 Å². The van der Waals surface area contributed by atoms with E-state index in [1.54, 1.807) is 4.68 Å². The second kappa shape index (κ2) is 4.55. The first-order valence-corrected chi connectivity index (χ1v) is 6.20. The number of hydrogen-bond donors (Lipinski definition) is 0. The average molecular weight is 301 g/mol. The zero-order valence-corrected chi connectivity index (χ0v) is 11.3. The molecule has 0 saturated heterocycles. The zero-order valence-electron chi connectivity index (χ0n) is 8.98. The highest BCUT2D eigenvalue weighted by Gasteiger charge is 2.09. The van der Waals surface area contributed by atoms with Crippen molar-refractivity contribution >= 4 is 27.5 Å². The smallest absolute Gasteiger partial charge is 0.0965 e. The van der Waals surface area contributed by atoms with E-state index in [2.05, 4.69) is 26.2 Å². The van der Waals surface area contributed by atoms with E-state index in [1.165, 1.54) is 0 Å². The quantitative estimate of drug-likeness (QED) is 0.792. The molecule has 1 unspecified atom stereocenters. The van der Waals surface area contributed by atoms with E-state index < -0.39 is 0 Å². The number of hydrogen-bond acceptors (Lipinski definition) is 2. The zero-order chi connectivity index (χ0) is 11.7. The monoisotopic (exact) mass is 299 g/mol. The van der Waals surface area contributed by atoms with E-state index in [9.17, 15) is 0 Å². The molecule has 0 radical (unpaired) electrons. The Labute approximate surface area is 108 Å². The van der Waals surface area contributed by atoms with Crippen LogP contribution in [0.15, 0.2) is 24.4 Å². The van der Waals surface area contributed by atoms with E-state index in [4.69, 9.17) is 11.6 Å². The Hall–Kier alpha value is -0.870. The van der Waals surface area contributed by atoms with Crippen molar-refractivity contribution in [3.8, 4) is 5.69 Å². The van der Waals surface area contributed by atoms with Crippen molar-refractivity contribution in [2.45, 2.75) is 18.7 Å². The molecule has 0 fully saturated rings. The lowest BCUT2D eigenvalue weighted by Gasteiger charge is -2.04. The van der Waals surface area contributed by atoms with Gasteiger partial charge < -0.3 is 0 Å². The van der Waals surface area contributed by atoms with Gasteiger partial charge in [0.05, 0.1) is 22.4 Å². The fourth-order valence-electron chi connectivity index (χ4n) is 1.41. The van der Waals surface area contributed by atoms with Crippen LogP contribution in [-0.4, -0.2) is 15.0 Å². The molecule has 3 nitrogen and oxygen atoms in total. The van der Waals surface area contributed by atoms with Crippen LogP contribution in [-0.2, 0) is 0 Å². The molecule has 1 aromatic carbocycles. The van der Waals surface area contributed by atoms with Gasteiger partial charge in [-0.15, -0.1) is 5.10 Å². The van der Waals surface area contributed by atoms with Crippen LogP contribution in [0.25, 0.3) is 5.69 Å². The van der Waals surface area contributed by atoms with Crippen LogP contribution >= 0.6 is 27.5 Å². The minimum atomic E-state index is 0.195.